The van der Waals surface area contributed by atoms with Gasteiger partial charge in [-0.1, -0.05) is 23.8 Å². The molecule has 0 bridgehead atoms. The van der Waals surface area contributed by atoms with Crippen molar-refractivity contribution in [3.05, 3.63) is 59.2 Å². The van der Waals surface area contributed by atoms with Crippen molar-refractivity contribution in [3.8, 4) is 0 Å². The molecular formula is C18H18N2O2. The molecule has 1 heterocycles. The highest BCUT2D eigenvalue weighted by Gasteiger charge is 2.22. The van der Waals surface area contributed by atoms with Crippen LogP contribution in [0.2, 0.25) is 0 Å². The molecule has 1 aliphatic rings. The van der Waals surface area contributed by atoms with Gasteiger partial charge in [-0.3, -0.25) is 9.59 Å². The average molecular weight is 294 g/mol. The van der Waals surface area contributed by atoms with Gasteiger partial charge in [-0.2, -0.15) is 0 Å². The van der Waals surface area contributed by atoms with Crippen molar-refractivity contribution in [2.45, 2.75) is 20.3 Å². The van der Waals surface area contributed by atoms with Crippen molar-refractivity contribution in [3.63, 3.8) is 0 Å². The highest BCUT2D eigenvalue weighted by atomic mass is 16.2. The second-order valence-electron chi connectivity index (χ2n) is 5.59. The van der Waals surface area contributed by atoms with Gasteiger partial charge in [0, 0.05) is 30.4 Å². The number of aryl methyl sites for hydroxylation is 1. The predicted octanol–water partition coefficient (Wildman–Crippen LogP) is 3.16. The summed E-state index contributed by atoms with van der Waals surface area (Å²) < 4.78 is 0. The van der Waals surface area contributed by atoms with Crippen LogP contribution in [-0.2, 0) is 11.2 Å². The van der Waals surface area contributed by atoms with Crippen LogP contribution in [-0.4, -0.2) is 18.4 Å². The van der Waals surface area contributed by atoms with Crippen LogP contribution in [0, 0.1) is 6.92 Å². The number of hydrogen-bond donors (Lipinski definition) is 1. The molecule has 4 heteroatoms. The van der Waals surface area contributed by atoms with Crippen LogP contribution in [0.1, 0.15) is 28.4 Å². The summed E-state index contributed by atoms with van der Waals surface area (Å²) in [7, 11) is 0. The summed E-state index contributed by atoms with van der Waals surface area (Å²) in [5, 5.41) is 2.90. The first kappa shape index (κ1) is 14.3. The van der Waals surface area contributed by atoms with Gasteiger partial charge in [0.2, 0.25) is 5.91 Å². The molecule has 22 heavy (non-hydrogen) atoms. The van der Waals surface area contributed by atoms with Gasteiger partial charge < -0.3 is 10.2 Å². The summed E-state index contributed by atoms with van der Waals surface area (Å²) in [6.45, 7) is 4.23. The number of rotatable bonds is 2. The monoisotopic (exact) mass is 294 g/mol. The number of carbonyl (C=O) groups excluding carboxylic acids is 2. The van der Waals surface area contributed by atoms with Crippen molar-refractivity contribution in [2.75, 3.05) is 16.8 Å². The molecule has 0 atom stereocenters. The fourth-order valence-electron chi connectivity index (χ4n) is 2.77. The SMILES string of the molecule is CC(=O)N1CCc2ccc(NC(=O)c3cccc(C)c3)cc21. The Morgan fingerprint density at radius 1 is 1.14 bits per heavy atom. The maximum Gasteiger partial charge on any atom is 0.255 e. The molecule has 0 saturated heterocycles. The molecule has 2 aromatic rings. The van der Waals surface area contributed by atoms with Crippen LogP contribution in [0.25, 0.3) is 0 Å². The summed E-state index contributed by atoms with van der Waals surface area (Å²) in [6.07, 6.45) is 0.862. The van der Waals surface area contributed by atoms with Crippen molar-refractivity contribution in [1.29, 1.82) is 0 Å². The second-order valence-corrected chi connectivity index (χ2v) is 5.59. The van der Waals surface area contributed by atoms with E-state index in [1.807, 2.05) is 43.3 Å². The topological polar surface area (TPSA) is 49.4 Å². The van der Waals surface area contributed by atoms with E-state index in [1.165, 1.54) is 0 Å². The van der Waals surface area contributed by atoms with Crippen LogP contribution in [0.5, 0.6) is 0 Å². The molecule has 4 nitrogen and oxygen atoms in total. The van der Waals surface area contributed by atoms with E-state index < -0.39 is 0 Å². The van der Waals surface area contributed by atoms with Gasteiger partial charge in [0.05, 0.1) is 0 Å². The molecular weight excluding hydrogens is 276 g/mol. The standard InChI is InChI=1S/C18H18N2O2/c1-12-4-3-5-15(10-12)18(22)19-16-7-6-14-8-9-20(13(2)21)17(14)11-16/h3-7,10-11H,8-9H2,1-2H3,(H,19,22). The molecule has 3 rings (SSSR count). The van der Waals surface area contributed by atoms with Crippen LogP contribution in [0.4, 0.5) is 11.4 Å². The molecule has 0 fully saturated rings. The minimum atomic E-state index is -0.143. The molecule has 0 unspecified atom stereocenters. The lowest BCUT2D eigenvalue weighted by Crippen LogP contribution is -2.25. The summed E-state index contributed by atoms with van der Waals surface area (Å²) in [5.74, 6) is -0.114. The number of hydrogen-bond acceptors (Lipinski definition) is 2. The van der Waals surface area contributed by atoms with Gasteiger partial charge in [0.15, 0.2) is 0 Å². The predicted molar refractivity (Wildman–Crippen MR) is 87.3 cm³/mol. The Bertz CT molecular complexity index is 753. The Hall–Kier alpha value is -2.62. The minimum absolute atomic E-state index is 0.0286. The molecule has 2 amide bonds. The normalized spacial score (nSPS) is 12.9. The van der Waals surface area contributed by atoms with Gasteiger partial charge in [-0.25, -0.2) is 0 Å². The first-order chi connectivity index (χ1) is 10.5. The molecule has 1 N–H and O–H groups in total. The number of fused-ring (bicyclic) bond motifs is 1. The van der Waals surface area contributed by atoms with E-state index >= 15 is 0 Å². The molecule has 0 aliphatic carbocycles. The number of nitrogens with one attached hydrogen (secondary N) is 1. The molecule has 112 valence electrons. The summed E-state index contributed by atoms with van der Waals surface area (Å²) >= 11 is 0. The third kappa shape index (κ3) is 2.72. The first-order valence-corrected chi connectivity index (χ1v) is 7.33. The van der Waals surface area contributed by atoms with Crippen molar-refractivity contribution in [1.82, 2.24) is 0 Å². The van der Waals surface area contributed by atoms with Gasteiger partial charge in [-0.05, 0) is 43.2 Å². The van der Waals surface area contributed by atoms with Gasteiger partial charge in [-0.15, -0.1) is 0 Å². The summed E-state index contributed by atoms with van der Waals surface area (Å²) in [5.41, 5.74) is 4.42. The average Bonchev–Trinajstić information content (AvgIpc) is 2.90. The second kappa shape index (κ2) is 5.64. The lowest BCUT2D eigenvalue weighted by molar-refractivity contribution is -0.116. The molecule has 1 aliphatic heterocycles. The Morgan fingerprint density at radius 3 is 2.68 bits per heavy atom. The van der Waals surface area contributed by atoms with E-state index in [0.29, 0.717) is 17.8 Å². The quantitative estimate of drug-likeness (QED) is 0.925. The summed E-state index contributed by atoms with van der Waals surface area (Å²) in [6, 6.07) is 13.2. The van der Waals surface area contributed by atoms with Gasteiger partial charge in [0.1, 0.15) is 0 Å². The van der Waals surface area contributed by atoms with E-state index in [-0.39, 0.29) is 11.8 Å². The lowest BCUT2D eigenvalue weighted by atomic mass is 10.1. The Labute approximate surface area is 129 Å². The smallest absolute Gasteiger partial charge is 0.255 e. The van der Waals surface area contributed by atoms with Crippen LogP contribution < -0.4 is 10.2 Å². The summed E-state index contributed by atoms with van der Waals surface area (Å²) in [4.78, 5) is 25.7. The zero-order chi connectivity index (χ0) is 15.7. The zero-order valence-electron chi connectivity index (χ0n) is 12.7. The van der Waals surface area contributed by atoms with Crippen molar-refractivity contribution < 1.29 is 9.59 Å². The number of benzene rings is 2. The third-order valence-corrected chi connectivity index (χ3v) is 3.90. The molecule has 0 radical (unpaired) electrons. The van der Waals surface area contributed by atoms with Gasteiger partial charge >= 0.3 is 0 Å². The number of anilines is 2. The maximum absolute atomic E-state index is 12.3. The van der Waals surface area contributed by atoms with E-state index in [0.717, 1.165) is 23.2 Å². The van der Waals surface area contributed by atoms with Crippen molar-refractivity contribution >= 4 is 23.2 Å². The Morgan fingerprint density at radius 2 is 1.95 bits per heavy atom. The molecule has 0 spiro atoms. The minimum Gasteiger partial charge on any atom is -0.322 e. The van der Waals surface area contributed by atoms with Gasteiger partial charge in [0.25, 0.3) is 5.91 Å². The molecule has 0 saturated carbocycles. The highest BCUT2D eigenvalue weighted by Crippen LogP contribution is 2.31. The van der Waals surface area contributed by atoms with E-state index in [1.54, 1.807) is 17.9 Å². The third-order valence-electron chi connectivity index (χ3n) is 3.90. The molecule has 2 aromatic carbocycles. The highest BCUT2D eigenvalue weighted by molar-refractivity contribution is 6.05. The van der Waals surface area contributed by atoms with Crippen LogP contribution in [0.15, 0.2) is 42.5 Å². The Kier molecular flexibility index (Phi) is 3.67. The van der Waals surface area contributed by atoms with E-state index in [9.17, 15) is 9.59 Å². The Balaban J connectivity index is 1.83. The van der Waals surface area contributed by atoms with E-state index in [2.05, 4.69) is 5.32 Å². The fourth-order valence-corrected chi connectivity index (χ4v) is 2.77. The number of nitrogens with zero attached hydrogens (tertiary/aromatic N) is 1. The number of amides is 2. The molecule has 0 aromatic heterocycles. The lowest BCUT2D eigenvalue weighted by Gasteiger charge is -2.16. The van der Waals surface area contributed by atoms with Crippen LogP contribution >= 0.6 is 0 Å². The van der Waals surface area contributed by atoms with Crippen molar-refractivity contribution in [2.24, 2.45) is 0 Å². The number of carbonyl (C=O) groups is 2. The maximum atomic E-state index is 12.3. The van der Waals surface area contributed by atoms with E-state index in [4.69, 9.17) is 0 Å². The first-order valence-electron chi connectivity index (χ1n) is 7.33. The zero-order valence-corrected chi connectivity index (χ0v) is 12.7. The fraction of sp³-hybridized carbons (Fsp3) is 0.222. The van der Waals surface area contributed by atoms with Crippen LogP contribution in [0.3, 0.4) is 0 Å². The largest absolute Gasteiger partial charge is 0.322 e.